The van der Waals surface area contributed by atoms with Crippen LogP contribution in [0.1, 0.15) is 24.8 Å². The van der Waals surface area contributed by atoms with E-state index in [1.54, 1.807) is 11.0 Å². The molecule has 2 N–H and O–H groups in total. The molecule has 7 heteroatoms. The quantitative estimate of drug-likeness (QED) is 0.859. The number of hydrogen-bond acceptors (Lipinski definition) is 4. The van der Waals surface area contributed by atoms with Gasteiger partial charge in [-0.3, -0.25) is 9.59 Å². The van der Waals surface area contributed by atoms with E-state index in [1.165, 1.54) is 31.0 Å². The second-order valence-corrected chi connectivity index (χ2v) is 6.44. The van der Waals surface area contributed by atoms with E-state index in [4.69, 9.17) is 10.5 Å². The van der Waals surface area contributed by atoms with Crippen LogP contribution >= 0.6 is 11.8 Å². The smallest absolute Gasteiger partial charge is 0.240 e. The predicted octanol–water partition coefficient (Wildman–Crippen LogP) is 1.93. The number of hydrogen-bond donors (Lipinski definition) is 1. The van der Waals surface area contributed by atoms with E-state index in [0.29, 0.717) is 30.0 Å². The van der Waals surface area contributed by atoms with Crippen LogP contribution in [-0.2, 0) is 15.3 Å². The van der Waals surface area contributed by atoms with Crippen LogP contribution in [0.15, 0.2) is 18.2 Å². The molecule has 0 aromatic heterocycles. The number of primary amides is 1. The Kier molecular flexibility index (Phi) is 6.27. The third-order valence-electron chi connectivity index (χ3n) is 3.88. The Morgan fingerprint density at radius 3 is 2.91 bits per heavy atom. The van der Waals surface area contributed by atoms with E-state index in [1.807, 2.05) is 0 Å². The van der Waals surface area contributed by atoms with Crippen molar-refractivity contribution in [3.8, 4) is 5.75 Å². The van der Waals surface area contributed by atoms with Crippen LogP contribution in [0.4, 0.5) is 4.39 Å². The summed E-state index contributed by atoms with van der Waals surface area (Å²) in [5.41, 5.74) is 6.08. The lowest BCUT2D eigenvalue weighted by atomic mass is 10.0. The Morgan fingerprint density at radius 2 is 2.22 bits per heavy atom. The number of amides is 2. The molecular formula is C16H21FN2O3S. The maximum absolute atomic E-state index is 13.3. The summed E-state index contributed by atoms with van der Waals surface area (Å²) in [4.78, 5) is 25.3. The minimum atomic E-state index is -0.499. The minimum Gasteiger partial charge on any atom is -0.496 e. The molecule has 1 aromatic rings. The van der Waals surface area contributed by atoms with E-state index < -0.39 is 11.9 Å². The third kappa shape index (κ3) is 4.60. The van der Waals surface area contributed by atoms with Crippen molar-refractivity contribution in [2.75, 3.05) is 19.4 Å². The lowest BCUT2D eigenvalue weighted by Gasteiger charge is -2.33. The number of nitrogens with two attached hydrogens (primary N) is 1. The number of likely N-dealkylation sites (tertiary alicyclic amines) is 1. The molecule has 2 amide bonds. The maximum Gasteiger partial charge on any atom is 0.240 e. The normalized spacial score (nSPS) is 17.8. The van der Waals surface area contributed by atoms with Gasteiger partial charge in [0.1, 0.15) is 17.6 Å². The van der Waals surface area contributed by atoms with Gasteiger partial charge in [-0.2, -0.15) is 0 Å². The van der Waals surface area contributed by atoms with Gasteiger partial charge in [-0.25, -0.2) is 4.39 Å². The zero-order valence-electron chi connectivity index (χ0n) is 13.1. The molecule has 0 saturated carbocycles. The minimum absolute atomic E-state index is 0.103. The zero-order chi connectivity index (χ0) is 16.8. The Labute approximate surface area is 139 Å². The second kappa shape index (κ2) is 8.19. The van der Waals surface area contributed by atoms with Crippen LogP contribution in [-0.4, -0.2) is 42.2 Å². The summed E-state index contributed by atoms with van der Waals surface area (Å²) in [6, 6.07) is 3.81. The number of rotatable bonds is 6. The van der Waals surface area contributed by atoms with Crippen molar-refractivity contribution < 1.29 is 18.7 Å². The highest BCUT2D eigenvalue weighted by molar-refractivity contribution is 7.99. The molecule has 1 saturated heterocycles. The fourth-order valence-electron chi connectivity index (χ4n) is 2.72. The van der Waals surface area contributed by atoms with E-state index in [2.05, 4.69) is 0 Å². The Bertz CT molecular complexity index is 582. The van der Waals surface area contributed by atoms with Gasteiger partial charge in [0.05, 0.1) is 12.9 Å². The van der Waals surface area contributed by atoms with Gasteiger partial charge in [-0.15, -0.1) is 11.8 Å². The monoisotopic (exact) mass is 340 g/mol. The third-order valence-corrected chi connectivity index (χ3v) is 4.84. The van der Waals surface area contributed by atoms with Crippen molar-refractivity contribution in [2.45, 2.75) is 31.1 Å². The molecule has 1 fully saturated rings. The van der Waals surface area contributed by atoms with Gasteiger partial charge >= 0.3 is 0 Å². The fourth-order valence-corrected chi connectivity index (χ4v) is 3.61. The van der Waals surface area contributed by atoms with Gasteiger partial charge in [0, 0.05) is 17.9 Å². The number of carbonyl (C=O) groups is 2. The molecule has 1 aromatic carbocycles. The number of methoxy groups -OCH3 is 1. The number of piperidine rings is 1. The largest absolute Gasteiger partial charge is 0.496 e. The Hall–Kier alpha value is -1.76. The van der Waals surface area contributed by atoms with Crippen molar-refractivity contribution >= 4 is 23.6 Å². The number of halogens is 1. The molecule has 0 radical (unpaired) electrons. The predicted molar refractivity (Wildman–Crippen MR) is 87.7 cm³/mol. The van der Waals surface area contributed by atoms with Crippen LogP contribution < -0.4 is 10.5 Å². The number of carbonyl (C=O) groups excluding carboxylic acids is 2. The van der Waals surface area contributed by atoms with Gasteiger partial charge in [-0.1, -0.05) is 0 Å². The lowest BCUT2D eigenvalue weighted by Crippen LogP contribution is -2.51. The number of thioether (sulfide) groups is 1. The van der Waals surface area contributed by atoms with Crippen molar-refractivity contribution in [1.29, 1.82) is 0 Å². The van der Waals surface area contributed by atoms with Crippen molar-refractivity contribution in [2.24, 2.45) is 5.73 Å². The molecule has 1 aliphatic rings. The van der Waals surface area contributed by atoms with Crippen LogP contribution in [0.5, 0.6) is 5.75 Å². The van der Waals surface area contributed by atoms with Crippen molar-refractivity contribution in [1.82, 2.24) is 4.90 Å². The average molecular weight is 340 g/mol. The molecule has 1 atom stereocenters. The molecule has 2 rings (SSSR count). The first-order valence-electron chi connectivity index (χ1n) is 7.52. The van der Waals surface area contributed by atoms with E-state index in [9.17, 15) is 14.0 Å². The average Bonchev–Trinajstić information content (AvgIpc) is 2.55. The van der Waals surface area contributed by atoms with Gasteiger partial charge in [0.25, 0.3) is 0 Å². The summed E-state index contributed by atoms with van der Waals surface area (Å²) in [7, 11) is 1.53. The first kappa shape index (κ1) is 17.6. The Balaban J connectivity index is 1.91. The molecule has 126 valence electrons. The van der Waals surface area contributed by atoms with Gasteiger partial charge in [0.2, 0.25) is 11.8 Å². The highest BCUT2D eigenvalue weighted by Crippen LogP contribution is 2.25. The topological polar surface area (TPSA) is 72.6 Å². The summed E-state index contributed by atoms with van der Waals surface area (Å²) in [6.45, 7) is 0.566. The second-order valence-electron chi connectivity index (χ2n) is 5.45. The van der Waals surface area contributed by atoms with Crippen LogP contribution in [0.2, 0.25) is 0 Å². The van der Waals surface area contributed by atoms with Crippen LogP contribution in [0.3, 0.4) is 0 Å². The summed E-state index contributed by atoms with van der Waals surface area (Å²) in [5, 5.41) is 0. The molecule has 1 heterocycles. The molecule has 1 aliphatic heterocycles. The molecule has 0 aliphatic carbocycles. The van der Waals surface area contributed by atoms with Gasteiger partial charge in [-0.05, 0) is 37.5 Å². The molecule has 23 heavy (non-hydrogen) atoms. The van der Waals surface area contributed by atoms with Crippen LogP contribution in [0.25, 0.3) is 0 Å². The summed E-state index contributed by atoms with van der Waals surface area (Å²) >= 11 is 1.37. The SMILES string of the molecule is COc1ccc(F)cc1CSCC(=O)N1CCCC[C@H]1C(N)=O. The van der Waals surface area contributed by atoms with E-state index in [-0.39, 0.29) is 17.5 Å². The van der Waals surface area contributed by atoms with Gasteiger partial charge in [0.15, 0.2) is 0 Å². The van der Waals surface area contributed by atoms with Crippen molar-refractivity contribution in [3.63, 3.8) is 0 Å². The maximum atomic E-state index is 13.3. The summed E-state index contributed by atoms with van der Waals surface area (Å²) in [6.07, 6.45) is 2.42. The van der Waals surface area contributed by atoms with Crippen LogP contribution in [0, 0.1) is 5.82 Å². The molecule has 0 unspecified atom stereocenters. The molecular weight excluding hydrogens is 319 g/mol. The molecule has 0 spiro atoms. The number of ether oxygens (including phenoxy) is 1. The highest BCUT2D eigenvalue weighted by Gasteiger charge is 2.30. The fraction of sp³-hybridized carbons (Fsp3) is 0.500. The zero-order valence-corrected chi connectivity index (χ0v) is 13.9. The van der Waals surface area contributed by atoms with Crippen molar-refractivity contribution in [3.05, 3.63) is 29.6 Å². The lowest BCUT2D eigenvalue weighted by molar-refractivity contribution is -0.138. The number of benzene rings is 1. The summed E-state index contributed by atoms with van der Waals surface area (Å²) < 4.78 is 18.5. The van der Waals surface area contributed by atoms with Gasteiger partial charge < -0.3 is 15.4 Å². The Morgan fingerprint density at radius 1 is 1.43 bits per heavy atom. The highest BCUT2D eigenvalue weighted by atomic mass is 32.2. The van der Waals surface area contributed by atoms with E-state index in [0.717, 1.165) is 12.8 Å². The molecule has 0 bridgehead atoms. The first-order valence-corrected chi connectivity index (χ1v) is 8.67. The molecule has 5 nitrogen and oxygen atoms in total. The summed E-state index contributed by atoms with van der Waals surface area (Å²) in [5.74, 6) is 0.395. The van der Waals surface area contributed by atoms with E-state index >= 15 is 0 Å². The number of nitrogens with zero attached hydrogens (tertiary/aromatic N) is 1. The first-order chi connectivity index (χ1) is 11.0. The standard InChI is InChI=1S/C16H21FN2O3S/c1-22-14-6-5-12(17)8-11(14)9-23-10-15(20)19-7-3-2-4-13(19)16(18)21/h5-6,8,13H,2-4,7,9-10H2,1H3,(H2,18,21)/t13-/m0/s1.